The van der Waals surface area contributed by atoms with Crippen LogP contribution >= 0.6 is 50.5 Å². The number of benzene rings is 1. The molecule has 1 heterocycles. The Balaban J connectivity index is 2.01. The Labute approximate surface area is 130 Å². The third-order valence-corrected chi connectivity index (χ3v) is 5.13. The first kappa shape index (κ1) is 14.4. The SMILES string of the molecule is ClCC(Cc1cccc(Cl)c1)Cc1cc(Br)cs1. The number of halogens is 3. The number of rotatable bonds is 5. The Morgan fingerprint density at radius 2 is 2.06 bits per heavy atom. The highest BCUT2D eigenvalue weighted by Gasteiger charge is 2.11. The molecular weight excluding hydrogens is 351 g/mol. The molecule has 0 spiro atoms. The summed E-state index contributed by atoms with van der Waals surface area (Å²) in [4.78, 5) is 1.37. The summed E-state index contributed by atoms with van der Waals surface area (Å²) >= 11 is 17.3. The zero-order chi connectivity index (χ0) is 13.0. The summed E-state index contributed by atoms with van der Waals surface area (Å²) in [6.07, 6.45) is 1.99. The van der Waals surface area contributed by atoms with Gasteiger partial charge < -0.3 is 0 Å². The lowest BCUT2D eigenvalue weighted by Crippen LogP contribution is -2.09. The van der Waals surface area contributed by atoms with Crippen molar-refractivity contribution in [3.63, 3.8) is 0 Å². The van der Waals surface area contributed by atoms with Crippen LogP contribution in [0.5, 0.6) is 0 Å². The van der Waals surface area contributed by atoms with Gasteiger partial charge in [0.15, 0.2) is 0 Å². The summed E-state index contributed by atoms with van der Waals surface area (Å²) < 4.78 is 1.15. The van der Waals surface area contributed by atoms with Crippen LogP contribution in [0.3, 0.4) is 0 Å². The Kier molecular flexibility index (Phi) is 5.56. The Morgan fingerprint density at radius 3 is 2.67 bits per heavy atom. The van der Waals surface area contributed by atoms with Gasteiger partial charge in [0.25, 0.3) is 0 Å². The topological polar surface area (TPSA) is 0 Å². The van der Waals surface area contributed by atoms with Crippen LogP contribution in [-0.4, -0.2) is 5.88 Å². The molecule has 1 aromatic carbocycles. The molecule has 2 aromatic rings. The largest absolute Gasteiger partial charge is 0.148 e. The molecule has 0 aliphatic rings. The highest BCUT2D eigenvalue weighted by molar-refractivity contribution is 9.10. The molecule has 0 aliphatic carbocycles. The van der Waals surface area contributed by atoms with Crippen molar-refractivity contribution in [2.75, 3.05) is 5.88 Å². The second kappa shape index (κ2) is 6.95. The number of hydrogen-bond donors (Lipinski definition) is 0. The van der Waals surface area contributed by atoms with Crippen molar-refractivity contribution in [2.24, 2.45) is 5.92 Å². The average Bonchev–Trinajstić information content (AvgIpc) is 2.74. The molecule has 1 atom stereocenters. The molecule has 0 saturated carbocycles. The van der Waals surface area contributed by atoms with Gasteiger partial charge in [-0.05, 0) is 58.5 Å². The van der Waals surface area contributed by atoms with Crippen LogP contribution in [0.1, 0.15) is 10.4 Å². The molecule has 0 bridgehead atoms. The molecule has 0 N–H and O–H groups in total. The van der Waals surface area contributed by atoms with E-state index in [2.05, 4.69) is 33.4 Å². The van der Waals surface area contributed by atoms with Crippen molar-refractivity contribution in [1.29, 1.82) is 0 Å². The fourth-order valence-electron chi connectivity index (χ4n) is 1.92. The highest BCUT2D eigenvalue weighted by Crippen LogP contribution is 2.25. The van der Waals surface area contributed by atoms with Crippen molar-refractivity contribution in [2.45, 2.75) is 12.8 Å². The van der Waals surface area contributed by atoms with Crippen molar-refractivity contribution in [3.8, 4) is 0 Å². The normalized spacial score (nSPS) is 12.6. The van der Waals surface area contributed by atoms with E-state index in [1.807, 2.05) is 18.2 Å². The number of hydrogen-bond acceptors (Lipinski definition) is 1. The first-order chi connectivity index (χ1) is 8.67. The van der Waals surface area contributed by atoms with Crippen molar-refractivity contribution >= 4 is 50.5 Å². The summed E-state index contributed by atoms with van der Waals surface area (Å²) in [7, 11) is 0. The summed E-state index contributed by atoms with van der Waals surface area (Å²) in [5, 5.41) is 2.90. The van der Waals surface area contributed by atoms with E-state index in [0.717, 1.165) is 22.3 Å². The van der Waals surface area contributed by atoms with Gasteiger partial charge in [-0.2, -0.15) is 0 Å². The van der Waals surface area contributed by atoms with Gasteiger partial charge in [-0.25, -0.2) is 0 Å². The lowest BCUT2D eigenvalue weighted by Gasteiger charge is -2.13. The summed E-state index contributed by atoms with van der Waals surface area (Å²) in [6.45, 7) is 0. The maximum Gasteiger partial charge on any atom is 0.0408 e. The number of alkyl halides is 1. The first-order valence-electron chi connectivity index (χ1n) is 5.70. The number of thiophene rings is 1. The molecule has 1 unspecified atom stereocenters. The quantitative estimate of drug-likeness (QED) is 0.588. The highest BCUT2D eigenvalue weighted by atomic mass is 79.9. The molecule has 2 rings (SSSR count). The van der Waals surface area contributed by atoms with Gasteiger partial charge in [-0.15, -0.1) is 22.9 Å². The molecule has 0 fully saturated rings. The summed E-state index contributed by atoms with van der Waals surface area (Å²) in [6, 6.07) is 10.2. The van der Waals surface area contributed by atoms with E-state index in [4.69, 9.17) is 23.2 Å². The summed E-state index contributed by atoms with van der Waals surface area (Å²) in [5.41, 5.74) is 1.25. The van der Waals surface area contributed by atoms with Crippen LogP contribution in [0.25, 0.3) is 0 Å². The Morgan fingerprint density at radius 1 is 1.22 bits per heavy atom. The van der Waals surface area contributed by atoms with Crippen LogP contribution in [0, 0.1) is 5.92 Å². The van der Waals surface area contributed by atoms with E-state index in [-0.39, 0.29) is 0 Å². The van der Waals surface area contributed by atoms with E-state index < -0.39 is 0 Å². The lowest BCUT2D eigenvalue weighted by molar-refractivity contribution is 0.589. The molecule has 96 valence electrons. The zero-order valence-electron chi connectivity index (χ0n) is 9.70. The van der Waals surface area contributed by atoms with Crippen LogP contribution in [0.2, 0.25) is 5.02 Å². The molecule has 1 aromatic heterocycles. The van der Waals surface area contributed by atoms with Gasteiger partial charge in [-0.3, -0.25) is 0 Å². The minimum atomic E-state index is 0.454. The van der Waals surface area contributed by atoms with Crippen molar-refractivity contribution in [3.05, 3.63) is 55.6 Å². The van der Waals surface area contributed by atoms with E-state index in [1.165, 1.54) is 10.4 Å². The third kappa shape index (κ3) is 4.27. The third-order valence-electron chi connectivity index (χ3n) is 2.74. The molecule has 0 nitrogen and oxygen atoms in total. The van der Waals surface area contributed by atoms with Gasteiger partial charge in [0.05, 0.1) is 0 Å². The van der Waals surface area contributed by atoms with Crippen LogP contribution in [-0.2, 0) is 12.8 Å². The minimum absolute atomic E-state index is 0.454. The van der Waals surface area contributed by atoms with Crippen molar-refractivity contribution < 1.29 is 0 Å². The minimum Gasteiger partial charge on any atom is -0.148 e. The van der Waals surface area contributed by atoms with Crippen LogP contribution < -0.4 is 0 Å². The Hall–Kier alpha value is -0.0200. The molecule has 4 heteroatoms. The molecule has 0 aliphatic heterocycles. The van der Waals surface area contributed by atoms with Crippen LogP contribution in [0.15, 0.2) is 40.2 Å². The average molecular weight is 364 g/mol. The molecule has 0 radical (unpaired) electrons. The fraction of sp³-hybridized carbons (Fsp3) is 0.286. The van der Waals surface area contributed by atoms with Gasteiger partial charge in [0, 0.05) is 25.6 Å². The monoisotopic (exact) mass is 362 g/mol. The van der Waals surface area contributed by atoms with E-state index in [1.54, 1.807) is 11.3 Å². The maximum absolute atomic E-state index is 6.07. The predicted molar refractivity (Wildman–Crippen MR) is 85.1 cm³/mol. The second-order valence-corrected chi connectivity index (χ2v) is 6.95. The predicted octanol–water partition coefficient (Wildman–Crippen LogP) is 5.80. The van der Waals surface area contributed by atoms with E-state index in [0.29, 0.717) is 11.8 Å². The fourth-order valence-corrected chi connectivity index (χ4v) is 3.92. The molecule has 0 amide bonds. The molecular formula is C14H13BrCl2S. The second-order valence-electron chi connectivity index (χ2n) is 4.29. The van der Waals surface area contributed by atoms with Gasteiger partial charge in [0.1, 0.15) is 0 Å². The lowest BCUT2D eigenvalue weighted by atomic mass is 9.97. The standard InChI is InChI=1S/C14H13BrCl2S/c15-12-7-14(18-9-12)6-11(8-16)4-10-2-1-3-13(17)5-10/h1-3,5,7,9,11H,4,6,8H2. The Bertz CT molecular complexity index is 510. The van der Waals surface area contributed by atoms with Gasteiger partial charge >= 0.3 is 0 Å². The first-order valence-corrected chi connectivity index (χ1v) is 8.29. The zero-order valence-corrected chi connectivity index (χ0v) is 13.6. The van der Waals surface area contributed by atoms with Gasteiger partial charge in [0.2, 0.25) is 0 Å². The maximum atomic E-state index is 6.07. The summed E-state index contributed by atoms with van der Waals surface area (Å²) in [5.74, 6) is 1.12. The molecule has 18 heavy (non-hydrogen) atoms. The van der Waals surface area contributed by atoms with E-state index in [9.17, 15) is 0 Å². The van der Waals surface area contributed by atoms with Crippen LogP contribution in [0.4, 0.5) is 0 Å². The van der Waals surface area contributed by atoms with Crippen molar-refractivity contribution in [1.82, 2.24) is 0 Å². The molecule has 0 saturated heterocycles. The van der Waals surface area contributed by atoms with Gasteiger partial charge in [-0.1, -0.05) is 23.7 Å². The smallest absolute Gasteiger partial charge is 0.0408 e. The van der Waals surface area contributed by atoms with E-state index >= 15 is 0 Å².